The number of phenols is 1. The fourth-order valence-corrected chi connectivity index (χ4v) is 2.43. The van der Waals surface area contributed by atoms with Crippen LogP contribution in [0.2, 0.25) is 0 Å². The molecule has 0 radical (unpaired) electrons. The van der Waals surface area contributed by atoms with E-state index in [1.165, 1.54) is 12.0 Å². The number of H-pyrrole nitrogens is 1. The Morgan fingerprint density at radius 2 is 2.06 bits per heavy atom. The third kappa shape index (κ3) is 2.67. The molecule has 0 amide bonds. The van der Waals surface area contributed by atoms with Crippen LogP contribution in [0.5, 0.6) is 5.75 Å². The van der Waals surface area contributed by atoms with Gasteiger partial charge in [0.1, 0.15) is 5.75 Å². The molecule has 3 heteroatoms. The van der Waals surface area contributed by atoms with Crippen LogP contribution < -0.4 is 0 Å². The topological polar surface area (TPSA) is 39.3 Å². The zero-order valence-electron chi connectivity index (χ0n) is 11.2. The van der Waals surface area contributed by atoms with Gasteiger partial charge in [-0.25, -0.2) is 0 Å². The van der Waals surface area contributed by atoms with E-state index in [9.17, 15) is 5.11 Å². The Kier molecular flexibility index (Phi) is 4.26. The van der Waals surface area contributed by atoms with Crippen LogP contribution in [0.25, 0.3) is 10.9 Å². The zero-order chi connectivity index (χ0) is 13.0. The van der Waals surface area contributed by atoms with E-state index in [2.05, 4.69) is 29.8 Å². The van der Waals surface area contributed by atoms with Crippen molar-refractivity contribution in [3.8, 4) is 5.75 Å². The molecular formula is C15H22N2O. The lowest BCUT2D eigenvalue weighted by molar-refractivity contribution is 0.293. The van der Waals surface area contributed by atoms with Crippen molar-refractivity contribution in [2.75, 3.05) is 19.6 Å². The summed E-state index contributed by atoms with van der Waals surface area (Å²) in [6.45, 7) is 7.75. The van der Waals surface area contributed by atoms with E-state index in [4.69, 9.17) is 0 Å². The van der Waals surface area contributed by atoms with E-state index in [0.717, 1.165) is 37.0 Å². The van der Waals surface area contributed by atoms with Crippen LogP contribution in [0.3, 0.4) is 0 Å². The lowest BCUT2D eigenvalue weighted by Crippen LogP contribution is -2.26. The summed E-state index contributed by atoms with van der Waals surface area (Å²) < 4.78 is 0. The van der Waals surface area contributed by atoms with Crippen LogP contribution in [-0.4, -0.2) is 34.6 Å². The maximum atomic E-state index is 9.75. The maximum absolute atomic E-state index is 9.75. The number of fused-ring (bicyclic) bond motifs is 1. The van der Waals surface area contributed by atoms with Gasteiger partial charge in [0, 0.05) is 18.1 Å². The third-order valence-electron chi connectivity index (χ3n) is 3.46. The van der Waals surface area contributed by atoms with Crippen LogP contribution >= 0.6 is 0 Å². The van der Waals surface area contributed by atoms with Crippen molar-refractivity contribution in [3.63, 3.8) is 0 Å². The smallest absolute Gasteiger partial charge is 0.139 e. The average molecular weight is 246 g/mol. The highest BCUT2D eigenvalue weighted by molar-refractivity contribution is 5.88. The van der Waals surface area contributed by atoms with Gasteiger partial charge in [-0.1, -0.05) is 26.0 Å². The molecule has 0 bridgehead atoms. The molecule has 98 valence electrons. The molecule has 0 atom stereocenters. The zero-order valence-corrected chi connectivity index (χ0v) is 11.2. The molecule has 1 aromatic heterocycles. The van der Waals surface area contributed by atoms with Crippen molar-refractivity contribution < 1.29 is 5.11 Å². The van der Waals surface area contributed by atoms with Crippen LogP contribution in [0.4, 0.5) is 0 Å². The molecule has 0 aliphatic rings. The standard InChI is InChI=1S/C15H22N2O/c1-3-9-17(4-2)10-8-12-11-16-15-13(12)6-5-7-14(15)18/h5-7,11,16,18H,3-4,8-10H2,1-2H3. The highest BCUT2D eigenvalue weighted by atomic mass is 16.3. The van der Waals surface area contributed by atoms with Crippen molar-refractivity contribution in [1.82, 2.24) is 9.88 Å². The number of likely N-dealkylation sites (N-methyl/N-ethyl adjacent to an activating group) is 1. The number of hydrogen-bond donors (Lipinski definition) is 2. The average Bonchev–Trinajstić information content (AvgIpc) is 2.79. The van der Waals surface area contributed by atoms with E-state index >= 15 is 0 Å². The summed E-state index contributed by atoms with van der Waals surface area (Å²) in [5, 5.41) is 10.9. The predicted molar refractivity (Wildman–Crippen MR) is 76.1 cm³/mol. The van der Waals surface area contributed by atoms with E-state index < -0.39 is 0 Å². The van der Waals surface area contributed by atoms with Gasteiger partial charge in [-0.2, -0.15) is 0 Å². The summed E-state index contributed by atoms with van der Waals surface area (Å²) in [7, 11) is 0. The minimum absolute atomic E-state index is 0.333. The molecule has 0 spiro atoms. The van der Waals surface area contributed by atoms with Crippen LogP contribution in [0.15, 0.2) is 24.4 Å². The Labute approximate surface area is 108 Å². The van der Waals surface area contributed by atoms with Gasteiger partial charge in [-0.15, -0.1) is 0 Å². The number of nitrogens with zero attached hydrogens (tertiary/aromatic N) is 1. The van der Waals surface area contributed by atoms with E-state index in [1.807, 2.05) is 12.3 Å². The Bertz CT molecular complexity index is 504. The largest absolute Gasteiger partial charge is 0.506 e. The molecule has 1 aromatic carbocycles. The van der Waals surface area contributed by atoms with Gasteiger partial charge in [-0.3, -0.25) is 0 Å². The molecule has 0 saturated heterocycles. The first-order chi connectivity index (χ1) is 8.76. The van der Waals surface area contributed by atoms with Crippen LogP contribution in [0.1, 0.15) is 25.8 Å². The minimum Gasteiger partial charge on any atom is -0.506 e. The van der Waals surface area contributed by atoms with Gasteiger partial charge < -0.3 is 15.0 Å². The van der Waals surface area contributed by atoms with Gasteiger partial charge in [0.25, 0.3) is 0 Å². The third-order valence-corrected chi connectivity index (χ3v) is 3.46. The first kappa shape index (κ1) is 13.0. The van der Waals surface area contributed by atoms with Gasteiger partial charge in [0.2, 0.25) is 0 Å². The normalized spacial score (nSPS) is 11.5. The summed E-state index contributed by atoms with van der Waals surface area (Å²) in [4.78, 5) is 5.62. The van der Waals surface area contributed by atoms with Gasteiger partial charge in [0.15, 0.2) is 0 Å². The van der Waals surface area contributed by atoms with Crippen molar-refractivity contribution in [2.24, 2.45) is 0 Å². The van der Waals surface area contributed by atoms with Gasteiger partial charge in [-0.05, 0) is 37.6 Å². The number of benzene rings is 1. The van der Waals surface area contributed by atoms with E-state index in [1.54, 1.807) is 6.07 Å². The van der Waals surface area contributed by atoms with Crippen molar-refractivity contribution in [1.29, 1.82) is 0 Å². The van der Waals surface area contributed by atoms with Crippen molar-refractivity contribution in [2.45, 2.75) is 26.7 Å². The summed E-state index contributed by atoms with van der Waals surface area (Å²) in [6.07, 6.45) is 4.24. The van der Waals surface area contributed by atoms with E-state index in [-0.39, 0.29) is 0 Å². The molecule has 0 saturated carbocycles. The summed E-state index contributed by atoms with van der Waals surface area (Å²) in [5.74, 6) is 0.333. The number of nitrogens with one attached hydrogen (secondary N) is 1. The number of aromatic nitrogens is 1. The molecular weight excluding hydrogens is 224 g/mol. The molecule has 2 aromatic rings. The van der Waals surface area contributed by atoms with Gasteiger partial charge in [0.05, 0.1) is 5.52 Å². The molecule has 0 fully saturated rings. The fraction of sp³-hybridized carbons (Fsp3) is 0.467. The number of aromatic hydroxyl groups is 1. The highest BCUT2D eigenvalue weighted by Gasteiger charge is 2.08. The monoisotopic (exact) mass is 246 g/mol. The molecule has 3 nitrogen and oxygen atoms in total. The molecule has 2 rings (SSSR count). The number of rotatable bonds is 6. The first-order valence-electron chi connectivity index (χ1n) is 6.76. The Balaban J connectivity index is 2.10. The predicted octanol–water partition coefficient (Wildman–Crippen LogP) is 3.15. The molecule has 0 aliphatic carbocycles. The van der Waals surface area contributed by atoms with Crippen molar-refractivity contribution in [3.05, 3.63) is 30.0 Å². The molecule has 0 unspecified atom stereocenters. The summed E-state index contributed by atoms with van der Waals surface area (Å²) >= 11 is 0. The first-order valence-corrected chi connectivity index (χ1v) is 6.76. The number of phenolic OH excluding ortho intramolecular Hbond substituents is 1. The second-order valence-corrected chi connectivity index (χ2v) is 4.70. The Morgan fingerprint density at radius 3 is 2.78 bits per heavy atom. The SMILES string of the molecule is CCCN(CC)CCc1c[nH]c2c(O)cccc12. The Morgan fingerprint density at radius 1 is 1.22 bits per heavy atom. The lowest BCUT2D eigenvalue weighted by atomic mass is 10.1. The summed E-state index contributed by atoms with van der Waals surface area (Å²) in [5.41, 5.74) is 2.14. The van der Waals surface area contributed by atoms with Gasteiger partial charge >= 0.3 is 0 Å². The lowest BCUT2D eigenvalue weighted by Gasteiger charge is -2.18. The number of para-hydroxylation sites is 1. The van der Waals surface area contributed by atoms with Crippen LogP contribution in [0, 0.1) is 0 Å². The fourth-order valence-electron chi connectivity index (χ4n) is 2.43. The van der Waals surface area contributed by atoms with E-state index in [0.29, 0.717) is 5.75 Å². The quantitative estimate of drug-likeness (QED) is 0.822. The van der Waals surface area contributed by atoms with Crippen LogP contribution in [-0.2, 0) is 6.42 Å². The number of aromatic amines is 1. The molecule has 0 aliphatic heterocycles. The summed E-state index contributed by atoms with van der Waals surface area (Å²) in [6, 6.07) is 5.69. The molecule has 1 heterocycles. The minimum atomic E-state index is 0.333. The molecule has 2 N–H and O–H groups in total. The highest BCUT2D eigenvalue weighted by Crippen LogP contribution is 2.26. The second kappa shape index (κ2) is 5.91. The Hall–Kier alpha value is -1.48. The maximum Gasteiger partial charge on any atom is 0.139 e. The van der Waals surface area contributed by atoms with Crippen molar-refractivity contribution >= 4 is 10.9 Å². The molecule has 18 heavy (non-hydrogen) atoms. The number of hydrogen-bond acceptors (Lipinski definition) is 2. The second-order valence-electron chi connectivity index (χ2n) is 4.70.